The number of rotatable bonds is 5. The van der Waals surface area contributed by atoms with E-state index in [1.165, 1.54) is 0 Å². The maximum atomic E-state index is 5.59. The Kier molecular flexibility index (Phi) is 4.07. The van der Waals surface area contributed by atoms with E-state index in [0.717, 1.165) is 5.56 Å². The van der Waals surface area contributed by atoms with Gasteiger partial charge in [-0.2, -0.15) is 0 Å². The van der Waals surface area contributed by atoms with Crippen molar-refractivity contribution < 1.29 is 14.2 Å². The Hall–Kier alpha value is -2.16. The summed E-state index contributed by atoms with van der Waals surface area (Å²) in [5, 5.41) is 0. The fourth-order valence-electron chi connectivity index (χ4n) is 1.52. The third kappa shape index (κ3) is 3.17. The summed E-state index contributed by atoms with van der Waals surface area (Å²) in [5.74, 6) is 2.08. The van der Waals surface area contributed by atoms with E-state index >= 15 is 0 Å². The summed E-state index contributed by atoms with van der Waals surface area (Å²) in [5.41, 5.74) is 0.999. The minimum Gasteiger partial charge on any atom is -0.496 e. The smallest absolute Gasteiger partial charge is 0.165 e. The highest BCUT2D eigenvalue weighted by Gasteiger charge is 2.03. The Morgan fingerprint density at radius 1 is 0.778 bits per heavy atom. The van der Waals surface area contributed by atoms with Crippen molar-refractivity contribution in [2.24, 2.45) is 0 Å². The van der Waals surface area contributed by atoms with Crippen LogP contribution in [0.5, 0.6) is 17.2 Å². The van der Waals surface area contributed by atoms with Gasteiger partial charge in [0, 0.05) is 18.2 Å². The van der Waals surface area contributed by atoms with Gasteiger partial charge in [0.2, 0.25) is 0 Å². The van der Waals surface area contributed by atoms with Gasteiger partial charge in [0.15, 0.2) is 6.61 Å². The molecule has 0 aliphatic carbocycles. The quantitative estimate of drug-likeness (QED) is 0.806. The van der Waals surface area contributed by atoms with Gasteiger partial charge in [0.05, 0.1) is 14.2 Å². The van der Waals surface area contributed by atoms with E-state index in [0.29, 0.717) is 17.2 Å². The molecule has 1 radical (unpaired) electrons. The maximum absolute atomic E-state index is 5.59. The van der Waals surface area contributed by atoms with Gasteiger partial charge in [-0.1, -0.05) is 30.3 Å². The highest BCUT2D eigenvalue weighted by Crippen LogP contribution is 2.28. The van der Waals surface area contributed by atoms with Crippen molar-refractivity contribution in [3.8, 4) is 17.2 Å². The summed E-state index contributed by atoms with van der Waals surface area (Å²) < 4.78 is 15.9. The zero-order valence-corrected chi connectivity index (χ0v) is 10.4. The van der Waals surface area contributed by atoms with Gasteiger partial charge >= 0.3 is 0 Å². The maximum Gasteiger partial charge on any atom is 0.165 e. The second kappa shape index (κ2) is 5.96. The average molecular weight is 243 g/mol. The lowest BCUT2D eigenvalue weighted by Gasteiger charge is -2.09. The first-order valence-electron chi connectivity index (χ1n) is 5.60. The number of ether oxygens (including phenoxy) is 3. The van der Waals surface area contributed by atoms with E-state index in [4.69, 9.17) is 14.2 Å². The molecule has 2 aromatic carbocycles. The van der Waals surface area contributed by atoms with Crippen LogP contribution in [0.4, 0.5) is 0 Å². The lowest BCUT2D eigenvalue weighted by Crippen LogP contribution is -1.94. The van der Waals surface area contributed by atoms with Crippen LogP contribution >= 0.6 is 0 Å². The lowest BCUT2D eigenvalue weighted by atomic mass is 10.2. The van der Waals surface area contributed by atoms with Crippen molar-refractivity contribution >= 4 is 0 Å². The molecule has 0 heterocycles. The molecule has 0 amide bonds. The van der Waals surface area contributed by atoms with Crippen LogP contribution in [0.1, 0.15) is 5.56 Å². The van der Waals surface area contributed by atoms with E-state index in [1.54, 1.807) is 26.9 Å². The van der Waals surface area contributed by atoms with Gasteiger partial charge in [-0.05, 0) is 5.56 Å². The Morgan fingerprint density at radius 3 is 1.89 bits per heavy atom. The molecule has 0 unspecified atom stereocenters. The normalized spacial score (nSPS) is 9.89. The average Bonchev–Trinajstić information content (AvgIpc) is 2.45. The predicted molar refractivity (Wildman–Crippen MR) is 70.0 cm³/mol. The van der Waals surface area contributed by atoms with E-state index in [2.05, 4.69) is 0 Å². The van der Waals surface area contributed by atoms with Gasteiger partial charge in [0.1, 0.15) is 17.2 Å². The molecule has 0 fully saturated rings. The lowest BCUT2D eigenvalue weighted by molar-refractivity contribution is 0.379. The Balaban J connectivity index is 2.09. The molecule has 0 N–H and O–H groups in total. The van der Waals surface area contributed by atoms with Crippen molar-refractivity contribution in [1.29, 1.82) is 0 Å². The standard InChI is InChI=1S/C15H15O3/c1-16-13-8-14(17-2)10-15(9-13)18-11-12-6-4-3-5-7-12/h3-11H,1-2H3. The van der Waals surface area contributed by atoms with Gasteiger partial charge in [-0.3, -0.25) is 0 Å². The summed E-state index contributed by atoms with van der Waals surface area (Å²) in [7, 11) is 3.22. The molecule has 0 aliphatic heterocycles. The van der Waals surface area contributed by atoms with Crippen molar-refractivity contribution in [2.75, 3.05) is 14.2 Å². The van der Waals surface area contributed by atoms with Crippen LogP contribution < -0.4 is 14.2 Å². The number of methoxy groups -OCH3 is 2. The predicted octanol–water partition coefficient (Wildman–Crippen LogP) is 3.29. The number of hydrogen-bond donors (Lipinski definition) is 0. The first-order chi connectivity index (χ1) is 8.81. The fraction of sp³-hybridized carbons (Fsp3) is 0.133. The number of benzene rings is 2. The fourth-order valence-corrected chi connectivity index (χ4v) is 1.52. The molecule has 18 heavy (non-hydrogen) atoms. The van der Waals surface area contributed by atoms with Crippen molar-refractivity contribution in [2.45, 2.75) is 0 Å². The second-order valence-electron chi connectivity index (χ2n) is 3.69. The van der Waals surface area contributed by atoms with Crippen LogP contribution in [-0.2, 0) is 0 Å². The molecule has 93 valence electrons. The zero-order valence-electron chi connectivity index (χ0n) is 10.4. The molecule has 0 spiro atoms. The number of hydrogen-bond acceptors (Lipinski definition) is 3. The molecular formula is C15H15O3. The van der Waals surface area contributed by atoms with Gasteiger partial charge in [-0.25, -0.2) is 0 Å². The molecule has 2 aromatic rings. The molecule has 0 saturated carbocycles. The Morgan fingerprint density at radius 2 is 1.33 bits per heavy atom. The monoisotopic (exact) mass is 243 g/mol. The minimum atomic E-state index is 0.676. The molecule has 3 nitrogen and oxygen atoms in total. The van der Waals surface area contributed by atoms with Crippen LogP contribution in [0.2, 0.25) is 0 Å². The summed E-state index contributed by atoms with van der Waals surface area (Å²) in [6.07, 6.45) is 0. The van der Waals surface area contributed by atoms with Crippen LogP contribution in [-0.4, -0.2) is 14.2 Å². The highest BCUT2D eigenvalue weighted by molar-refractivity contribution is 5.42. The molecule has 0 atom stereocenters. The molecule has 0 aromatic heterocycles. The van der Waals surface area contributed by atoms with Crippen LogP contribution in [0.25, 0.3) is 0 Å². The summed E-state index contributed by atoms with van der Waals surface area (Å²) >= 11 is 0. The largest absolute Gasteiger partial charge is 0.496 e. The molecule has 3 heteroatoms. The first kappa shape index (κ1) is 12.3. The van der Waals surface area contributed by atoms with Crippen LogP contribution in [0, 0.1) is 6.61 Å². The molecule has 0 aliphatic rings. The third-order valence-electron chi connectivity index (χ3n) is 2.46. The molecule has 0 saturated heterocycles. The summed E-state index contributed by atoms with van der Waals surface area (Å²) in [4.78, 5) is 0. The molecule has 2 rings (SSSR count). The SMILES string of the molecule is COc1cc(OC)cc(O[CH]c2ccccc2)c1. The van der Waals surface area contributed by atoms with E-state index < -0.39 is 0 Å². The van der Waals surface area contributed by atoms with E-state index in [1.807, 2.05) is 42.5 Å². The highest BCUT2D eigenvalue weighted by atomic mass is 16.5. The van der Waals surface area contributed by atoms with Gasteiger partial charge in [0.25, 0.3) is 0 Å². The summed E-state index contributed by atoms with van der Waals surface area (Å²) in [6.45, 7) is 1.69. The van der Waals surface area contributed by atoms with E-state index in [9.17, 15) is 0 Å². The third-order valence-corrected chi connectivity index (χ3v) is 2.46. The van der Waals surface area contributed by atoms with Gasteiger partial charge in [-0.15, -0.1) is 0 Å². The van der Waals surface area contributed by atoms with Crippen LogP contribution in [0.3, 0.4) is 0 Å². The molecular weight excluding hydrogens is 228 g/mol. The Labute approximate surface area is 107 Å². The van der Waals surface area contributed by atoms with Gasteiger partial charge < -0.3 is 14.2 Å². The minimum absolute atomic E-state index is 0.676. The first-order valence-corrected chi connectivity index (χ1v) is 5.60. The van der Waals surface area contributed by atoms with Crippen molar-refractivity contribution in [1.82, 2.24) is 0 Å². The second-order valence-corrected chi connectivity index (χ2v) is 3.69. The van der Waals surface area contributed by atoms with E-state index in [-0.39, 0.29) is 0 Å². The molecule has 0 bridgehead atoms. The van der Waals surface area contributed by atoms with Crippen LogP contribution in [0.15, 0.2) is 48.5 Å². The zero-order chi connectivity index (χ0) is 12.8. The Bertz CT molecular complexity index is 472. The van der Waals surface area contributed by atoms with Crippen molar-refractivity contribution in [3.05, 3.63) is 60.7 Å². The summed E-state index contributed by atoms with van der Waals surface area (Å²) in [6, 6.07) is 15.2. The topological polar surface area (TPSA) is 27.7 Å². The van der Waals surface area contributed by atoms with Crippen molar-refractivity contribution in [3.63, 3.8) is 0 Å².